The molecule has 2 fully saturated rings. The number of hydrogen-bond donors (Lipinski definition) is 1. The topological polar surface area (TPSA) is 46.5 Å². The number of carbonyl (C=O) groups is 1. The van der Waals surface area contributed by atoms with Gasteiger partial charge in [0, 0.05) is 5.92 Å². The molecule has 0 spiro atoms. The van der Waals surface area contributed by atoms with Crippen LogP contribution in [0.1, 0.15) is 58.8 Å². The zero-order chi connectivity index (χ0) is 17.3. The first-order valence-electron chi connectivity index (χ1n) is 9.50. The van der Waals surface area contributed by atoms with Crippen LogP contribution >= 0.6 is 0 Å². The Morgan fingerprint density at radius 3 is 2.79 bits per heavy atom. The maximum Gasteiger partial charge on any atom is 0.311 e. The maximum absolute atomic E-state index is 12.6. The van der Waals surface area contributed by atoms with Crippen molar-refractivity contribution in [3.8, 4) is 0 Å². The van der Waals surface area contributed by atoms with Gasteiger partial charge in [-0.25, -0.2) is 0 Å². The number of allylic oxidation sites excluding steroid dienone is 1. The van der Waals surface area contributed by atoms with E-state index >= 15 is 0 Å². The van der Waals surface area contributed by atoms with Crippen LogP contribution in [0.3, 0.4) is 0 Å². The summed E-state index contributed by atoms with van der Waals surface area (Å²) in [6, 6.07) is 0. The Balaban J connectivity index is 1.79. The van der Waals surface area contributed by atoms with Gasteiger partial charge in [0.05, 0.1) is 18.6 Å². The molecule has 0 aliphatic heterocycles. The second-order valence-electron chi connectivity index (χ2n) is 9.05. The zero-order valence-corrected chi connectivity index (χ0v) is 15.2. The predicted molar refractivity (Wildman–Crippen MR) is 93.2 cm³/mol. The number of aliphatic hydroxyl groups is 1. The first-order valence-corrected chi connectivity index (χ1v) is 9.50. The highest BCUT2D eigenvalue weighted by atomic mass is 16.5. The molecule has 0 aromatic heterocycles. The Labute approximate surface area is 145 Å². The molecule has 0 heterocycles. The molecule has 132 valence electrons. The van der Waals surface area contributed by atoms with Gasteiger partial charge in [-0.15, -0.1) is 0 Å². The first-order chi connectivity index (χ1) is 11.3. The summed E-state index contributed by atoms with van der Waals surface area (Å²) in [5.74, 6) is 0.980. The lowest BCUT2D eigenvalue weighted by molar-refractivity contribution is -0.163. The van der Waals surface area contributed by atoms with Crippen molar-refractivity contribution >= 4 is 5.97 Å². The minimum absolute atomic E-state index is 0.0238. The van der Waals surface area contributed by atoms with E-state index in [9.17, 15) is 9.90 Å². The lowest BCUT2D eigenvalue weighted by Crippen LogP contribution is -2.52. The molecule has 2 saturated carbocycles. The SMILES string of the molecule is C=C1[C@H]2CC3=C([C@H](C2)[C@@H]1O)[C@]1(C)CCC[C@@](C)(C(=O)OC)[C@H]1CC3. The number of fused-ring (bicyclic) bond motifs is 5. The molecule has 2 bridgehead atoms. The number of hydrogen-bond acceptors (Lipinski definition) is 3. The van der Waals surface area contributed by atoms with E-state index in [-0.39, 0.29) is 23.4 Å². The van der Waals surface area contributed by atoms with Crippen molar-refractivity contribution in [1.29, 1.82) is 0 Å². The van der Waals surface area contributed by atoms with Gasteiger partial charge in [0.2, 0.25) is 0 Å². The smallest absolute Gasteiger partial charge is 0.311 e. The molecule has 0 aromatic rings. The first kappa shape index (κ1) is 16.4. The standard InChI is InChI=1S/C21H30O3/c1-12-14-10-13-6-7-16-20(2,17(13)15(11-14)18(12)22)8-5-9-21(16,3)19(23)24-4/h14-16,18,22H,1,5-11H2,2-4H3/t14-,15-,16-,18+,20+,21+/m0/s1. The molecule has 0 radical (unpaired) electrons. The lowest BCUT2D eigenvalue weighted by Gasteiger charge is -2.57. The lowest BCUT2D eigenvalue weighted by atomic mass is 9.47. The van der Waals surface area contributed by atoms with E-state index in [0.29, 0.717) is 11.8 Å². The molecule has 24 heavy (non-hydrogen) atoms. The Morgan fingerprint density at radius 2 is 2.08 bits per heavy atom. The van der Waals surface area contributed by atoms with Crippen LogP contribution in [0.25, 0.3) is 0 Å². The van der Waals surface area contributed by atoms with E-state index < -0.39 is 5.41 Å². The second-order valence-corrected chi connectivity index (χ2v) is 9.05. The molecule has 1 N–H and O–H groups in total. The Morgan fingerprint density at radius 1 is 1.33 bits per heavy atom. The van der Waals surface area contributed by atoms with Crippen LogP contribution in [0.2, 0.25) is 0 Å². The van der Waals surface area contributed by atoms with Crippen LogP contribution in [0.4, 0.5) is 0 Å². The third-order valence-electron chi connectivity index (χ3n) is 8.00. The van der Waals surface area contributed by atoms with Gasteiger partial charge in [-0.05, 0) is 68.3 Å². The van der Waals surface area contributed by atoms with Crippen LogP contribution in [0.5, 0.6) is 0 Å². The Hall–Kier alpha value is -1.09. The summed E-state index contributed by atoms with van der Waals surface area (Å²) >= 11 is 0. The summed E-state index contributed by atoms with van der Waals surface area (Å²) in [6.45, 7) is 8.66. The number of methoxy groups -OCH3 is 1. The van der Waals surface area contributed by atoms with Crippen molar-refractivity contribution in [1.82, 2.24) is 0 Å². The molecule has 0 unspecified atom stereocenters. The highest BCUT2D eigenvalue weighted by Crippen LogP contribution is 2.65. The van der Waals surface area contributed by atoms with Crippen molar-refractivity contribution in [2.24, 2.45) is 28.6 Å². The van der Waals surface area contributed by atoms with E-state index in [4.69, 9.17) is 4.74 Å². The van der Waals surface area contributed by atoms with E-state index in [1.807, 2.05) is 0 Å². The summed E-state index contributed by atoms with van der Waals surface area (Å²) in [7, 11) is 1.52. The van der Waals surface area contributed by atoms with E-state index in [2.05, 4.69) is 20.4 Å². The van der Waals surface area contributed by atoms with Gasteiger partial charge in [-0.3, -0.25) is 4.79 Å². The van der Waals surface area contributed by atoms with Crippen molar-refractivity contribution in [3.05, 3.63) is 23.3 Å². The van der Waals surface area contributed by atoms with Crippen molar-refractivity contribution in [2.75, 3.05) is 7.11 Å². The molecule has 4 rings (SSSR count). The summed E-state index contributed by atoms with van der Waals surface area (Å²) in [5, 5.41) is 10.8. The molecule has 0 saturated heterocycles. The molecule has 4 aliphatic rings. The fraction of sp³-hybridized carbons (Fsp3) is 0.762. The molecule has 6 atom stereocenters. The molecular formula is C21H30O3. The molecule has 3 heteroatoms. The number of aliphatic hydroxyl groups excluding tert-OH is 1. The van der Waals surface area contributed by atoms with Crippen LogP contribution in [-0.4, -0.2) is 24.3 Å². The Bertz CT molecular complexity index is 633. The quantitative estimate of drug-likeness (QED) is 0.583. The predicted octanol–water partition coefficient (Wildman–Crippen LogP) is 4.02. The van der Waals surface area contributed by atoms with Crippen molar-refractivity contribution in [3.63, 3.8) is 0 Å². The zero-order valence-electron chi connectivity index (χ0n) is 15.2. The number of rotatable bonds is 1. The van der Waals surface area contributed by atoms with Crippen LogP contribution in [-0.2, 0) is 9.53 Å². The highest BCUT2D eigenvalue weighted by Gasteiger charge is 2.59. The minimum Gasteiger partial charge on any atom is -0.469 e. The number of carbonyl (C=O) groups excluding carboxylic acids is 1. The van der Waals surface area contributed by atoms with E-state index in [1.165, 1.54) is 12.7 Å². The summed E-state index contributed by atoms with van der Waals surface area (Å²) in [4.78, 5) is 12.6. The van der Waals surface area contributed by atoms with Gasteiger partial charge in [0.1, 0.15) is 0 Å². The molecule has 3 nitrogen and oxygen atoms in total. The van der Waals surface area contributed by atoms with Gasteiger partial charge in [0.15, 0.2) is 0 Å². The average molecular weight is 330 g/mol. The van der Waals surface area contributed by atoms with Gasteiger partial charge in [-0.1, -0.05) is 31.1 Å². The summed E-state index contributed by atoms with van der Waals surface area (Å²) in [5.41, 5.74) is 3.74. The fourth-order valence-electron chi connectivity index (χ4n) is 6.94. The van der Waals surface area contributed by atoms with E-state index in [0.717, 1.165) is 50.5 Å². The summed E-state index contributed by atoms with van der Waals surface area (Å²) in [6.07, 6.45) is 7.01. The van der Waals surface area contributed by atoms with Gasteiger partial charge in [0.25, 0.3) is 0 Å². The largest absolute Gasteiger partial charge is 0.469 e. The van der Waals surface area contributed by atoms with Gasteiger partial charge < -0.3 is 9.84 Å². The fourth-order valence-corrected chi connectivity index (χ4v) is 6.94. The van der Waals surface area contributed by atoms with E-state index in [1.54, 1.807) is 5.57 Å². The molecule has 4 aliphatic carbocycles. The average Bonchev–Trinajstić information content (AvgIpc) is 2.78. The maximum atomic E-state index is 12.6. The van der Waals surface area contributed by atoms with Crippen molar-refractivity contribution in [2.45, 2.75) is 64.9 Å². The molecule has 0 aromatic carbocycles. The highest BCUT2D eigenvalue weighted by molar-refractivity contribution is 5.77. The summed E-state index contributed by atoms with van der Waals surface area (Å²) < 4.78 is 5.20. The second kappa shape index (κ2) is 5.20. The van der Waals surface area contributed by atoms with Gasteiger partial charge >= 0.3 is 5.97 Å². The van der Waals surface area contributed by atoms with Crippen LogP contribution in [0.15, 0.2) is 23.3 Å². The van der Waals surface area contributed by atoms with Gasteiger partial charge in [-0.2, -0.15) is 0 Å². The third kappa shape index (κ3) is 1.91. The van der Waals surface area contributed by atoms with Crippen LogP contribution < -0.4 is 0 Å². The number of esters is 1. The molecule has 0 amide bonds. The normalized spacial score (nSPS) is 47.2. The van der Waals surface area contributed by atoms with Crippen LogP contribution in [0, 0.1) is 28.6 Å². The third-order valence-corrected chi connectivity index (χ3v) is 8.00. The number of ether oxygens (including phenoxy) is 1. The minimum atomic E-state index is -0.391. The monoisotopic (exact) mass is 330 g/mol. The molecular weight excluding hydrogens is 300 g/mol. The Kier molecular flexibility index (Phi) is 3.55. The van der Waals surface area contributed by atoms with Crippen molar-refractivity contribution < 1.29 is 14.6 Å².